The second-order valence-electron chi connectivity index (χ2n) is 24.8. The van der Waals surface area contributed by atoms with Gasteiger partial charge >= 0.3 is 0 Å². The molecule has 0 N–H and O–H groups in total. The van der Waals surface area contributed by atoms with Gasteiger partial charge in [-0.3, -0.25) is 0 Å². The van der Waals surface area contributed by atoms with E-state index in [9.17, 15) is 0 Å². The Labute approximate surface area is 451 Å². The van der Waals surface area contributed by atoms with Crippen LogP contribution < -0.4 is 31.1 Å². The Morgan fingerprint density at radius 3 is 1.92 bits per heavy atom. The lowest BCUT2D eigenvalue weighted by Crippen LogP contribution is -2.62. The first-order chi connectivity index (χ1) is 36.7. The molecule has 4 aliphatic rings. The van der Waals surface area contributed by atoms with E-state index in [0.717, 1.165) is 46.2 Å². The number of para-hydroxylation sites is 2. The summed E-state index contributed by atoms with van der Waals surface area (Å²) in [5.41, 5.74) is 21.5. The van der Waals surface area contributed by atoms with Crippen molar-refractivity contribution in [1.82, 2.24) is 0 Å². The molecule has 1 saturated carbocycles. The zero-order valence-corrected chi connectivity index (χ0v) is 45.7. The van der Waals surface area contributed by atoms with Crippen molar-refractivity contribution in [1.29, 1.82) is 0 Å². The number of hydrogen-bond acceptors (Lipinski definition) is 5. The maximum absolute atomic E-state index is 7.32. The van der Waals surface area contributed by atoms with Gasteiger partial charge in [0, 0.05) is 71.3 Å². The number of anilines is 8. The van der Waals surface area contributed by atoms with Crippen LogP contribution in [0.25, 0.3) is 53.2 Å². The summed E-state index contributed by atoms with van der Waals surface area (Å²) in [4.78, 5) is 8.11. The summed E-state index contributed by atoms with van der Waals surface area (Å²) in [5.74, 6) is 0. The minimum Gasteiger partial charge on any atom is -0.457 e. The number of benzene rings is 9. The van der Waals surface area contributed by atoms with Crippen LogP contribution in [-0.2, 0) is 16.2 Å². The van der Waals surface area contributed by atoms with Gasteiger partial charge in [0.25, 0.3) is 6.71 Å². The van der Waals surface area contributed by atoms with Gasteiger partial charge in [-0.25, -0.2) is 0 Å². The summed E-state index contributed by atoms with van der Waals surface area (Å²) in [7, 11) is 0. The SMILES string of the molecule is CC(C)(C)c1ccc2c(c1)B1c3c(cc(N4c5ccccc5C5(C)CCCCC45C)cc3N2c2cccc3c2sc2ccccc23)N(c2ccc(C(C)(C)C)cc2-c2ccccc2)c2ccc3c(oc4ccccc43)c21. The van der Waals surface area contributed by atoms with Gasteiger partial charge in [0.15, 0.2) is 0 Å². The fourth-order valence-corrected chi connectivity index (χ4v) is 15.6. The molecule has 0 bridgehead atoms. The maximum Gasteiger partial charge on any atom is 0.257 e. The number of thiophene rings is 1. The standard InChI is InChI=1S/C70H62BN3OS/c1-67(2,3)44-31-34-54(51(39-44)43-21-10-9-11-22-43)72-57-36-33-49-47-23-12-16-29-61(47)75-65(49)64(57)71-53-40-45(68(4,5)6)32-35-56(53)73(58-28-20-25-50-48-24-13-17-30-62(48)76-66(50)58)60-42-46(41-59(72)63(60)71)74-55-27-15-14-26-52(55)69(7)37-18-19-38-70(69,74)8/h9-17,20-36,39-42H,18-19,37-38H2,1-8H3. The third-order valence-electron chi connectivity index (χ3n) is 18.5. The van der Waals surface area contributed by atoms with Gasteiger partial charge in [-0.15, -0.1) is 11.3 Å². The molecule has 1 aliphatic carbocycles. The molecule has 5 heterocycles. The first-order valence-electron chi connectivity index (χ1n) is 27.6. The molecule has 2 unspecified atom stereocenters. The Balaban J connectivity index is 1.13. The quantitative estimate of drug-likeness (QED) is 0.164. The smallest absolute Gasteiger partial charge is 0.257 e. The maximum atomic E-state index is 7.32. The van der Waals surface area contributed by atoms with E-state index in [4.69, 9.17) is 4.42 Å². The van der Waals surface area contributed by atoms with E-state index in [1.807, 2.05) is 11.3 Å². The van der Waals surface area contributed by atoms with Crippen LogP contribution >= 0.6 is 11.3 Å². The molecule has 1 fully saturated rings. The second kappa shape index (κ2) is 16.0. The van der Waals surface area contributed by atoms with Gasteiger partial charge in [-0.2, -0.15) is 0 Å². The Morgan fingerprint density at radius 2 is 1.13 bits per heavy atom. The lowest BCUT2D eigenvalue weighted by atomic mass is 9.33. The highest BCUT2D eigenvalue weighted by Gasteiger charge is 2.58. The molecule has 372 valence electrons. The Hall–Kier alpha value is -7.54. The minimum atomic E-state index is -0.167. The molecule has 4 nitrogen and oxygen atoms in total. The van der Waals surface area contributed by atoms with Gasteiger partial charge in [-0.05, 0) is 136 Å². The van der Waals surface area contributed by atoms with Gasteiger partial charge in [0.2, 0.25) is 0 Å². The second-order valence-corrected chi connectivity index (χ2v) is 25.8. The van der Waals surface area contributed by atoms with Gasteiger partial charge in [0.05, 0.1) is 21.6 Å². The molecular weight excluding hydrogens is 942 g/mol. The Morgan fingerprint density at radius 1 is 0.500 bits per heavy atom. The van der Waals surface area contributed by atoms with Crippen LogP contribution in [0.15, 0.2) is 186 Å². The average Bonchev–Trinajstić information content (AvgIpc) is 4.17. The van der Waals surface area contributed by atoms with Crippen molar-refractivity contribution in [2.24, 2.45) is 0 Å². The predicted molar refractivity (Wildman–Crippen MR) is 326 cm³/mol. The largest absolute Gasteiger partial charge is 0.457 e. The fraction of sp³-hybridized carbons (Fsp3) is 0.229. The molecule has 3 aliphatic heterocycles. The predicted octanol–water partition coefficient (Wildman–Crippen LogP) is 18.0. The number of hydrogen-bond donors (Lipinski definition) is 0. The van der Waals surface area contributed by atoms with E-state index in [2.05, 4.69) is 252 Å². The van der Waals surface area contributed by atoms with E-state index < -0.39 is 0 Å². The van der Waals surface area contributed by atoms with Crippen LogP contribution in [0.4, 0.5) is 45.5 Å². The van der Waals surface area contributed by atoms with Gasteiger partial charge in [-0.1, -0.05) is 177 Å². The zero-order valence-electron chi connectivity index (χ0n) is 44.9. The van der Waals surface area contributed by atoms with Crippen molar-refractivity contribution in [3.05, 3.63) is 199 Å². The molecule has 6 heteroatoms. The number of furan rings is 1. The first-order valence-corrected chi connectivity index (χ1v) is 28.4. The van der Waals surface area contributed by atoms with Crippen LogP contribution in [0.3, 0.4) is 0 Å². The molecule has 0 amide bonds. The van der Waals surface area contributed by atoms with Gasteiger partial charge < -0.3 is 19.1 Å². The molecule has 15 rings (SSSR count). The highest BCUT2D eigenvalue weighted by molar-refractivity contribution is 7.26. The lowest BCUT2D eigenvalue weighted by Gasteiger charge is -2.51. The molecule has 2 atom stereocenters. The fourth-order valence-electron chi connectivity index (χ4n) is 14.4. The summed E-state index contributed by atoms with van der Waals surface area (Å²) in [6.45, 7) is 19.0. The van der Waals surface area contributed by atoms with E-state index >= 15 is 0 Å². The van der Waals surface area contributed by atoms with Crippen molar-refractivity contribution < 1.29 is 4.42 Å². The summed E-state index contributed by atoms with van der Waals surface area (Å²) < 4.78 is 9.92. The van der Waals surface area contributed by atoms with E-state index in [1.54, 1.807) is 0 Å². The summed E-state index contributed by atoms with van der Waals surface area (Å²) in [6, 6.07) is 69.7. The molecule has 0 radical (unpaired) electrons. The topological polar surface area (TPSA) is 22.9 Å². The normalized spacial score (nSPS) is 18.8. The monoisotopic (exact) mass is 1000 g/mol. The van der Waals surface area contributed by atoms with Crippen molar-refractivity contribution in [2.45, 2.75) is 103 Å². The molecule has 0 spiro atoms. The van der Waals surface area contributed by atoms with Crippen molar-refractivity contribution in [3.63, 3.8) is 0 Å². The summed E-state index contributed by atoms with van der Waals surface area (Å²) >= 11 is 1.91. The highest BCUT2D eigenvalue weighted by Crippen LogP contribution is 2.62. The number of nitrogens with zero attached hydrogens (tertiary/aromatic N) is 3. The third-order valence-corrected chi connectivity index (χ3v) is 19.7. The number of fused-ring (bicyclic) bond motifs is 14. The van der Waals surface area contributed by atoms with E-state index in [0.29, 0.717) is 0 Å². The lowest BCUT2D eigenvalue weighted by molar-refractivity contribution is 0.195. The number of rotatable bonds is 4. The van der Waals surface area contributed by atoms with Crippen LogP contribution in [0.5, 0.6) is 0 Å². The zero-order chi connectivity index (χ0) is 51.6. The van der Waals surface area contributed by atoms with Crippen LogP contribution in [-0.4, -0.2) is 12.3 Å². The van der Waals surface area contributed by atoms with Crippen molar-refractivity contribution in [2.75, 3.05) is 14.7 Å². The Kier molecular flexibility index (Phi) is 9.65. The summed E-state index contributed by atoms with van der Waals surface area (Å²) in [5, 5.41) is 4.88. The molecule has 2 aromatic heterocycles. The van der Waals surface area contributed by atoms with Crippen LogP contribution in [0.2, 0.25) is 0 Å². The molecule has 9 aromatic carbocycles. The van der Waals surface area contributed by atoms with Crippen molar-refractivity contribution in [3.8, 4) is 11.1 Å². The molecule has 76 heavy (non-hydrogen) atoms. The highest BCUT2D eigenvalue weighted by atomic mass is 32.1. The molecular formula is C70H62BN3OS. The molecule has 11 aromatic rings. The van der Waals surface area contributed by atoms with Crippen molar-refractivity contribution >= 4 is 122 Å². The third kappa shape index (κ3) is 6.31. The first kappa shape index (κ1) is 45.8. The average molecular weight is 1000 g/mol. The van der Waals surface area contributed by atoms with Crippen LogP contribution in [0.1, 0.15) is 97.8 Å². The Bertz CT molecular complexity index is 4230. The van der Waals surface area contributed by atoms with E-state index in [-0.39, 0.29) is 28.5 Å². The van der Waals surface area contributed by atoms with Gasteiger partial charge in [0.1, 0.15) is 11.2 Å². The summed E-state index contributed by atoms with van der Waals surface area (Å²) in [6.07, 6.45) is 4.71. The van der Waals surface area contributed by atoms with E-state index in [1.165, 1.54) is 111 Å². The van der Waals surface area contributed by atoms with Crippen LogP contribution in [0, 0.1) is 0 Å². The molecule has 0 saturated heterocycles. The minimum absolute atomic E-state index is 0.0295.